The van der Waals surface area contributed by atoms with Crippen molar-refractivity contribution in [2.75, 3.05) is 12.9 Å². The zero-order chi connectivity index (χ0) is 10.9. The van der Waals surface area contributed by atoms with Gasteiger partial charge in [0, 0.05) is 6.42 Å². The number of hydrogen-bond acceptors (Lipinski definition) is 4. The third-order valence-corrected chi connectivity index (χ3v) is 2.74. The first-order valence-corrected chi connectivity index (χ1v) is 6.45. The van der Waals surface area contributed by atoms with Crippen LogP contribution in [-0.4, -0.2) is 21.3 Å². The van der Waals surface area contributed by atoms with E-state index in [-0.39, 0.29) is 6.61 Å². The minimum absolute atomic E-state index is 0.0894. The molecule has 1 aromatic rings. The molecule has 0 aromatic heterocycles. The van der Waals surface area contributed by atoms with E-state index >= 15 is 0 Å². The van der Waals surface area contributed by atoms with Crippen molar-refractivity contribution in [2.24, 2.45) is 0 Å². The molecule has 0 spiro atoms. The van der Waals surface area contributed by atoms with E-state index in [0.717, 1.165) is 29.6 Å². The van der Waals surface area contributed by atoms with Gasteiger partial charge in [-0.05, 0) is 23.3 Å². The van der Waals surface area contributed by atoms with Crippen molar-refractivity contribution >= 4 is 10.1 Å². The second kappa shape index (κ2) is 3.83. The van der Waals surface area contributed by atoms with Gasteiger partial charge in [-0.15, -0.1) is 0 Å². The fraction of sp³-hybridized carbons (Fsp3) is 0.400. The zero-order valence-corrected chi connectivity index (χ0v) is 9.21. The van der Waals surface area contributed by atoms with Gasteiger partial charge in [0.15, 0.2) is 0 Å². The second-order valence-electron chi connectivity index (χ2n) is 3.51. The lowest BCUT2D eigenvalue weighted by Gasteiger charge is -2.03. The quantitative estimate of drug-likeness (QED) is 0.727. The Kier molecular flexibility index (Phi) is 2.67. The molecule has 0 saturated carbocycles. The topological polar surface area (TPSA) is 52.6 Å². The minimum Gasteiger partial charge on any atom is -0.493 e. The highest BCUT2D eigenvalue weighted by Gasteiger charge is 2.12. The van der Waals surface area contributed by atoms with Gasteiger partial charge in [0.2, 0.25) is 0 Å². The summed E-state index contributed by atoms with van der Waals surface area (Å²) < 4.78 is 31.6. The lowest BCUT2D eigenvalue weighted by Crippen LogP contribution is -2.02. The van der Waals surface area contributed by atoms with E-state index in [1.165, 1.54) is 0 Å². The van der Waals surface area contributed by atoms with Crippen molar-refractivity contribution in [3.63, 3.8) is 0 Å². The van der Waals surface area contributed by atoms with Crippen LogP contribution < -0.4 is 4.74 Å². The summed E-state index contributed by atoms with van der Waals surface area (Å²) in [6.45, 7) is 0.790. The van der Waals surface area contributed by atoms with Gasteiger partial charge in [-0.1, -0.05) is 6.07 Å². The third kappa shape index (κ3) is 2.70. The van der Waals surface area contributed by atoms with Gasteiger partial charge in [-0.2, -0.15) is 8.42 Å². The molecule has 0 aliphatic carbocycles. The summed E-state index contributed by atoms with van der Waals surface area (Å²) >= 11 is 0. The van der Waals surface area contributed by atoms with Crippen LogP contribution in [0, 0.1) is 0 Å². The normalized spacial score (nSPS) is 14.7. The predicted molar refractivity (Wildman–Crippen MR) is 55.3 cm³/mol. The first-order chi connectivity index (χ1) is 7.04. The van der Waals surface area contributed by atoms with Crippen LogP contribution in [0.2, 0.25) is 0 Å². The Morgan fingerprint density at radius 2 is 2.27 bits per heavy atom. The summed E-state index contributed by atoms with van der Waals surface area (Å²) in [7, 11) is -3.37. The first-order valence-electron chi connectivity index (χ1n) is 4.63. The molecule has 1 aromatic carbocycles. The molecule has 1 aliphatic heterocycles. The van der Waals surface area contributed by atoms with Crippen molar-refractivity contribution in [3.05, 3.63) is 29.3 Å². The van der Waals surface area contributed by atoms with Crippen LogP contribution in [0.1, 0.15) is 11.1 Å². The molecule has 0 saturated heterocycles. The highest BCUT2D eigenvalue weighted by atomic mass is 32.2. The standard InChI is InChI=1S/C10H12O4S/c1-15(11,12)14-7-8-2-3-10-9(6-8)4-5-13-10/h2-3,6H,4-5,7H2,1H3. The molecular weight excluding hydrogens is 216 g/mol. The fourth-order valence-electron chi connectivity index (χ4n) is 1.50. The van der Waals surface area contributed by atoms with Crippen molar-refractivity contribution in [1.29, 1.82) is 0 Å². The summed E-state index contributed by atoms with van der Waals surface area (Å²) in [6, 6.07) is 5.59. The van der Waals surface area contributed by atoms with E-state index < -0.39 is 10.1 Å². The SMILES string of the molecule is CS(=O)(=O)OCc1ccc2c(c1)CCO2. The Hall–Kier alpha value is -1.07. The Labute approximate surface area is 88.9 Å². The van der Waals surface area contributed by atoms with Gasteiger partial charge in [0.1, 0.15) is 5.75 Å². The van der Waals surface area contributed by atoms with Crippen LogP contribution >= 0.6 is 0 Å². The molecule has 0 atom stereocenters. The summed E-state index contributed by atoms with van der Waals surface area (Å²) in [5, 5.41) is 0. The summed E-state index contributed by atoms with van der Waals surface area (Å²) in [5.41, 5.74) is 1.97. The second-order valence-corrected chi connectivity index (χ2v) is 5.15. The zero-order valence-electron chi connectivity index (χ0n) is 8.39. The van der Waals surface area contributed by atoms with E-state index in [1.54, 1.807) is 0 Å². The van der Waals surface area contributed by atoms with Gasteiger partial charge in [-0.25, -0.2) is 0 Å². The molecule has 1 aliphatic rings. The maximum Gasteiger partial charge on any atom is 0.264 e. The van der Waals surface area contributed by atoms with E-state index in [9.17, 15) is 8.42 Å². The van der Waals surface area contributed by atoms with Crippen LogP contribution in [0.25, 0.3) is 0 Å². The Morgan fingerprint density at radius 3 is 3.00 bits per heavy atom. The number of fused-ring (bicyclic) bond motifs is 1. The molecule has 0 amide bonds. The monoisotopic (exact) mass is 228 g/mol. The first kappa shape index (κ1) is 10.4. The molecule has 0 fully saturated rings. The molecule has 0 N–H and O–H groups in total. The molecule has 2 rings (SSSR count). The number of ether oxygens (including phenoxy) is 1. The van der Waals surface area contributed by atoms with Gasteiger partial charge < -0.3 is 4.74 Å². The third-order valence-electron chi connectivity index (χ3n) is 2.19. The molecule has 0 unspecified atom stereocenters. The number of benzene rings is 1. The molecule has 0 bridgehead atoms. The molecule has 15 heavy (non-hydrogen) atoms. The Balaban J connectivity index is 2.10. The maximum absolute atomic E-state index is 10.8. The molecule has 82 valence electrons. The lowest BCUT2D eigenvalue weighted by molar-refractivity contribution is 0.311. The van der Waals surface area contributed by atoms with Crippen molar-refractivity contribution < 1.29 is 17.3 Å². The minimum atomic E-state index is -3.37. The van der Waals surface area contributed by atoms with Crippen molar-refractivity contribution in [1.82, 2.24) is 0 Å². The van der Waals surface area contributed by atoms with E-state index in [4.69, 9.17) is 8.92 Å². The van der Waals surface area contributed by atoms with Crippen LogP contribution in [0.4, 0.5) is 0 Å². The van der Waals surface area contributed by atoms with Gasteiger partial charge in [0.25, 0.3) is 10.1 Å². The average molecular weight is 228 g/mol. The average Bonchev–Trinajstić information content (AvgIpc) is 2.60. The van der Waals surface area contributed by atoms with E-state index in [2.05, 4.69) is 0 Å². The van der Waals surface area contributed by atoms with Crippen LogP contribution in [0.15, 0.2) is 18.2 Å². The molecule has 4 nitrogen and oxygen atoms in total. The molecular formula is C10H12O4S. The Morgan fingerprint density at radius 1 is 1.47 bits per heavy atom. The number of rotatable bonds is 3. The largest absolute Gasteiger partial charge is 0.493 e. The van der Waals surface area contributed by atoms with Crippen molar-refractivity contribution in [3.8, 4) is 5.75 Å². The van der Waals surface area contributed by atoms with Gasteiger partial charge >= 0.3 is 0 Å². The summed E-state index contributed by atoms with van der Waals surface area (Å²) in [6.07, 6.45) is 1.92. The number of hydrogen-bond donors (Lipinski definition) is 0. The predicted octanol–water partition coefficient (Wildman–Crippen LogP) is 1.10. The fourth-order valence-corrected chi connectivity index (χ4v) is 1.85. The van der Waals surface area contributed by atoms with Crippen molar-refractivity contribution in [2.45, 2.75) is 13.0 Å². The van der Waals surface area contributed by atoms with Crippen LogP contribution in [0.5, 0.6) is 5.75 Å². The Bertz CT molecular complexity index is 464. The molecule has 0 radical (unpaired) electrons. The summed E-state index contributed by atoms with van der Waals surface area (Å²) in [5.74, 6) is 0.887. The van der Waals surface area contributed by atoms with Gasteiger partial charge in [-0.3, -0.25) is 4.18 Å². The van der Waals surface area contributed by atoms with E-state index in [1.807, 2.05) is 18.2 Å². The molecule has 1 heterocycles. The van der Waals surface area contributed by atoms with Crippen LogP contribution in [0.3, 0.4) is 0 Å². The maximum atomic E-state index is 10.8. The van der Waals surface area contributed by atoms with Gasteiger partial charge in [0.05, 0.1) is 19.5 Å². The highest BCUT2D eigenvalue weighted by Crippen LogP contribution is 2.26. The summed E-state index contributed by atoms with van der Waals surface area (Å²) in [4.78, 5) is 0. The lowest BCUT2D eigenvalue weighted by atomic mass is 10.1. The molecule has 5 heteroatoms. The highest BCUT2D eigenvalue weighted by molar-refractivity contribution is 7.85. The van der Waals surface area contributed by atoms with Crippen LogP contribution in [-0.2, 0) is 27.3 Å². The smallest absolute Gasteiger partial charge is 0.264 e. The van der Waals surface area contributed by atoms with E-state index in [0.29, 0.717) is 6.61 Å².